The van der Waals surface area contributed by atoms with E-state index in [2.05, 4.69) is 21.4 Å². The van der Waals surface area contributed by atoms with Gasteiger partial charge in [-0.2, -0.15) is 4.98 Å². The zero-order chi connectivity index (χ0) is 18.1. The number of nitrogen functional groups attached to an aromatic ring is 1. The van der Waals surface area contributed by atoms with Crippen LogP contribution in [0.1, 0.15) is 28.8 Å². The van der Waals surface area contributed by atoms with E-state index in [1.54, 1.807) is 0 Å². The lowest BCUT2D eigenvalue weighted by atomic mass is 10.0. The van der Waals surface area contributed by atoms with Crippen LogP contribution in [0.3, 0.4) is 0 Å². The second-order valence-corrected chi connectivity index (χ2v) is 6.46. The third-order valence-corrected chi connectivity index (χ3v) is 4.40. The molecule has 1 aromatic heterocycles. The number of nitrogens with zero attached hydrogens (tertiary/aromatic N) is 3. The van der Waals surface area contributed by atoms with Gasteiger partial charge >= 0.3 is 0 Å². The summed E-state index contributed by atoms with van der Waals surface area (Å²) in [6.07, 6.45) is 9.69. The maximum absolute atomic E-state index is 11.6. The number of benzene rings is 1. The van der Waals surface area contributed by atoms with Crippen molar-refractivity contribution in [2.24, 2.45) is 5.73 Å². The van der Waals surface area contributed by atoms with Crippen LogP contribution in [-0.4, -0.2) is 28.5 Å². The van der Waals surface area contributed by atoms with Gasteiger partial charge in [0.15, 0.2) is 0 Å². The largest absolute Gasteiger partial charge is 0.399 e. The summed E-state index contributed by atoms with van der Waals surface area (Å²) in [5.74, 6) is 0.508. The smallest absolute Gasteiger partial charge is 0.254 e. The molecular weight excluding hydrogens is 328 g/mol. The Hall–Kier alpha value is -3.35. The summed E-state index contributed by atoms with van der Waals surface area (Å²) >= 11 is 0. The highest BCUT2D eigenvalue weighted by Crippen LogP contribution is 2.27. The Balaban J connectivity index is 1.54. The van der Waals surface area contributed by atoms with Gasteiger partial charge in [-0.1, -0.05) is 18.2 Å². The molecule has 0 spiro atoms. The van der Waals surface area contributed by atoms with Gasteiger partial charge < -0.3 is 21.7 Å². The predicted molar refractivity (Wildman–Crippen MR) is 103 cm³/mol. The van der Waals surface area contributed by atoms with Gasteiger partial charge in [-0.25, -0.2) is 4.98 Å². The van der Waals surface area contributed by atoms with Gasteiger partial charge in [-0.05, 0) is 42.2 Å². The summed E-state index contributed by atoms with van der Waals surface area (Å²) in [6, 6.07) is 8.13. The highest BCUT2D eigenvalue weighted by molar-refractivity contribution is 5.97. The van der Waals surface area contributed by atoms with Gasteiger partial charge in [-0.15, -0.1) is 0 Å². The Kier molecular flexibility index (Phi) is 4.04. The molecule has 1 aliphatic heterocycles. The first kappa shape index (κ1) is 16.1. The van der Waals surface area contributed by atoms with Crippen molar-refractivity contribution in [2.45, 2.75) is 18.9 Å². The van der Waals surface area contributed by atoms with Crippen molar-refractivity contribution in [2.75, 3.05) is 22.5 Å². The van der Waals surface area contributed by atoms with Gasteiger partial charge in [0, 0.05) is 30.7 Å². The summed E-state index contributed by atoms with van der Waals surface area (Å²) in [5.41, 5.74) is 14.5. The second-order valence-electron chi connectivity index (χ2n) is 6.46. The lowest BCUT2D eigenvalue weighted by Gasteiger charge is -2.22. The second kappa shape index (κ2) is 6.51. The van der Waals surface area contributed by atoms with Crippen LogP contribution in [0.25, 0.3) is 5.57 Å². The number of carbonyl (C=O) groups is 1. The number of rotatable bonds is 5. The first-order valence-corrected chi connectivity index (χ1v) is 8.54. The zero-order valence-corrected chi connectivity index (χ0v) is 14.2. The van der Waals surface area contributed by atoms with E-state index in [-0.39, 0.29) is 0 Å². The molecule has 2 aliphatic rings. The first-order valence-electron chi connectivity index (χ1n) is 8.54. The third kappa shape index (κ3) is 3.37. The minimum Gasteiger partial charge on any atom is -0.399 e. The number of aromatic nitrogens is 2. The van der Waals surface area contributed by atoms with Gasteiger partial charge in [0.1, 0.15) is 5.82 Å². The lowest BCUT2D eigenvalue weighted by molar-refractivity contribution is 0.100. The van der Waals surface area contributed by atoms with Gasteiger partial charge in [-0.3, -0.25) is 4.79 Å². The Morgan fingerprint density at radius 1 is 1.23 bits per heavy atom. The quantitative estimate of drug-likeness (QED) is 0.714. The molecule has 1 fully saturated rings. The van der Waals surface area contributed by atoms with Crippen LogP contribution in [0.2, 0.25) is 0 Å². The summed E-state index contributed by atoms with van der Waals surface area (Å²) in [7, 11) is 0. The molecule has 1 aromatic carbocycles. The maximum Gasteiger partial charge on any atom is 0.254 e. The zero-order valence-electron chi connectivity index (χ0n) is 14.2. The van der Waals surface area contributed by atoms with Crippen molar-refractivity contribution in [3.05, 3.63) is 59.9 Å². The summed E-state index contributed by atoms with van der Waals surface area (Å²) in [6.45, 7) is 0.634. The standard InChI is InChI=1S/C19H20N6O/c20-14-3-1-12(2-4-14)13-7-9-25(10-8-13)19-22-11-16(17(21)26)18(24-19)23-15-5-6-15/h1-4,7-9,11,15H,5-6,10,20H2,(H2,21,26)(H,22,23,24). The third-order valence-electron chi connectivity index (χ3n) is 4.40. The number of nitrogens with two attached hydrogens (primary N) is 2. The van der Waals surface area contributed by atoms with E-state index in [9.17, 15) is 4.79 Å². The fourth-order valence-electron chi connectivity index (χ4n) is 2.76. The fourth-order valence-corrected chi connectivity index (χ4v) is 2.76. The summed E-state index contributed by atoms with van der Waals surface area (Å²) < 4.78 is 0. The fraction of sp³-hybridized carbons (Fsp3) is 0.211. The number of anilines is 3. The Morgan fingerprint density at radius 2 is 2.00 bits per heavy atom. The van der Waals surface area contributed by atoms with Gasteiger partial charge in [0.2, 0.25) is 5.95 Å². The highest BCUT2D eigenvalue weighted by Gasteiger charge is 2.24. The molecule has 132 valence electrons. The van der Waals surface area contributed by atoms with Crippen LogP contribution >= 0.6 is 0 Å². The predicted octanol–water partition coefficient (Wildman–Crippen LogP) is 2.15. The molecule has 2 aromatic rings. The highest BCUT2D eigenvalue weighted by atomic mass is 16.1. The number of carbonyl (C=O) groups excluding carboxylic acids is 1. The molecule has 7 heteroatoms. The van der Waals surface area contributed by atoms with Crippen molar-refractivity contribution in [1.82, 2.24) is 9.97 Å². The number of primary amides is 1. The molecule has 1 aliphatic carbocycles. The van der Waals surface area contributed by atoms with Crippen molar-refractivity contribution >= 4 is 28.9 Å². The monoisotopic (exact) mass is 348 g/mol. The SMILES string of the molecule is NC(=O)c1cnc(N2C=CC(c3ccc(N)cc3)=CC2)nc1NC1CC1. The molecule has 1 amide bonds. The van der Waals surface area contributed by atoms with Crippen LogP contribution in [-0.2, 0) is 0 Å². The van der Waals surface area contributed by atoms with E-state index in [4.69, 9.17) is 11.5 Å². The number of amides is 1. The van der Waals surface area contributed by atoms with Crippen molar-refractivity contribution < 1.29 is 4.79 Å². The van der Waals surface area contributed by atoms with Crippen LogP contribution < -0.4 is 21.7 Å². The van der Waals surface area contributed by atoms with E-state index in [1.165, 1.54) is 6.20 Å². The van der Waals surface area contributed by atoms with Gasteiger partial charge in [0.05, 0.1) is 5.56 Å². The average Bonchev–Trinajstić information content (AvgIpc) is 3.46. The van der Waals surface area contributed by atoms with Crippen LogP contribution in [0, 0.1) is 0 Å². The minimum absolute atomic E-state index is 0.319. The Bertz CT molecular complexity index is 899. The topological polar surface area (TPSA) is 110 Å². The lowest BCUT2D eigenvalue weighted by Crippen LogP contribution is -2.23. The van der Waals surface area contributed by atoms with E-state index < -0.39 is 5.91 Å². The summed E-state index contributed by atoms with van der Waals surface area (Å²) in [4.78, 5) is 22.3. The molecule has 26 heavy (non-hydrogen) atoms. The molecular formula is C19H20N6O. The molecule has 0 atom stereocenters. The van der Waals surface area contributed by atoms with Crippen LogP contribution in [0.4, 0.5) is 17.5 Å². The molecule has 0 saturated heterocycles. The van der Waals surface area contributed by atoms with E-state index >= 15 is 0 Å². The molecule has 4 rings (SSSR count). The van der Waals surface area contributed by atoms with Crippen molar-refractivity contribution in [1.29, 1.82) is 0 Å². The van der Waals surface area contributed by atoms with Crippen LogP contribution in [0.5, 0.6) is 0 Å². The molecule has 7 nitrogen and oxygen atoms in total. The molecule has 5 N–H and O–H groups in total. The molecule has 0 radical (unpaired) electrons. The summed E-state index contributed by atoms with van der Waals surface area (Å²) in [5, 5.41) is 3.26. The normalized spacial score (nSPS) is 16.3. The molecule has 2 heterocycles. The number of nitrogens with one attached hydrogen (secondary N) is 1. The van der Waals surface area contributed by atoms with E-state index in [1.807, 2.05) is 41.4 Å². The Morgan fingerprint density at radius 3 is 2.62 bits per heavy atom. The maximum atomic E-state index is 11.6. The molecule has 0 unspecified atom stereocenters. The first-order chi connectivity index (χ1) is 12.6. The number of hydrogen-bond donors (Lipinski definition) is 3. The Labute approximate surface area is 151 Å². The van der Waals surface area contributed by atoms with E-state index in [0.29, 0.717) is 29.9 Å². The number of hydrogen-bond acceptors (Lipinski definition) is 6. The van der Waals surface area contributed by atoms with Crippen molar-refractivity contribution in [3.8, 4) is 0 Å². The number of allylic oxidation sites excluding steroid dienone is 2. The van der Waals surface area contributed by atoms with Gasteiger partial charge in [0.25, 0.3) is 5.91 Å². The molecule has 0 bridgehead atoms. The van der Waals surface area contributed by atoms with Crippen LogP contribution in [0.15, 0.2) is 48.8 Å². The average molecular weight is 348 g/mol. The minimum atomic E-state index is -0.528. The molecule has 1 saturated carbocycles. The van der Waals surface area contributed by atoms with Crippen molar-refractivity contribution in [3.63, 3.8) is 0 Å². The van der Waals surface area contributed by atoms with E-state index in [0.717, 1.165) is 29.7 Å².